The number of carbonyl (C=O) groups excluding carboxylic acids is 3. The molecule has 0 aliphatic heterocycles. The average Bonchev–Trinajstić information content (AvgIpc) is 2.87. The Morgan fingerprint density at radius 3 is 2.26 bits per heavy atom. The van der Waals surface area contributed by atoms with Crippen LogP contribution in [0.15, 0.2) is 82.4 Å². The van der Waals surface area contributed by atoms with E-state index in [0.29, 0.717) is 22.5 Å². The number of fused-ring (bicyclic) bond motifs is 1. The summed E-state index contributed by atoms with van der Waals surface area (Å²) in [5.41, 5.74) is 1.06. The number of benzene rings is 3. The number of anilines is 1. The minimum absolute atomic E-state index is 0.0201. The molecule has 1 aromatic heterocycles. The summed E-state index contributed by atoms with van der Waals surface area (Å²) in [5.74, 6) is -0.755. The fourth-order valence-corrected chi connectivity index (χ4v) is 4.18. The van der Waals surface area contributed by atoms with Gasteiger partial charge in [0.25, 0.3) is 5.56 Å². The fourth-order valence-electron chi connectivity index (χ4n) is 4.18. The van der Waals surface area contributed by atoms with Crippen LogP contribution in [0, 0.1) is 0 Å². The number of rotatable bonds is 8. The first-order chi connectivity index (χ1) is 18.1. The molecule has 0 unspecified atom stereocenters. The summed E-state index contributed by atoms with van der Waals surface area (Å²) in [6, 6.07) is 19.7. The molecule has 194 valence electrons. The Morgan fingerprint density at radius 2 is 1.58 bits per heavy atom. The molecule has 0 fully saturated rings. The van der Waals surface area contributed by atoms with E-state index in [2.05, 4.69) is 10.6 Å². The normalized spacial score (nSPS) is 10.9. The topological polar surface area (TPSA) is 119 Å². The molecule has 2 amide bonds. The number of Topliss-reactive ketones (excluding diaryl/α,β-unsaturated/α-hetero) is 1. The lowest BCUT2D eigenvalue weighted by Gasteiger charge is -2.15. The van der Waals surface area contributed by atoms with Gasteiger partial charge in [0.05, 0.1) is 23.0 Å². The summed E-state index contributed by atoms with van der Waals surface area (Å²) >= 11 is 0. The van der Waals surface area contributed by atoms with E-state index in [1.807, 2.05) is 13.8 Å². The van der Waals surface area contributed by atoms with Crippen LogP contribution >= 0.6 is 0 Å². The zero-order chi connectivity index (χ0) is 27.4. The van der Waals surface area contributed by atoms with Crippen molar-refractivity contribution in [2.75, 3.05) is 5.32 Å². The van der Waals surface area contributed by atoms with Crippen molar-refractivity contribution >= 4 is 34.2 Å². The largest absolute Gasteiger partial charge is 0.354 e. The Labute approximate surface area is 218 Å². The van der Waals surface area contributed by atoms with Gasteiger partial charge in [-0.25, -0.2) is 9.36 Å². The van der Waals surface area contributed by atoms with Gasteiger partial charge in [0.2, 0.25) is 11.8 Å². The molecule has 4 aromatic rings. The van der Waals surface area contributed by atoms with Crippen molar-refractivity contribution in [3.63, 3.8) is 0 Å². The smallest absolute Gasteiger partial charge is 0.336 e. The quantitative estimate of drug-likeness (QED) is 0.352. The molecule has 0 saturated carbocycles. The predicted octanol–water partition coefficient (Wildman–Crippen LogP) is 3.06. The number of nitrogens with one attached hydrogen (secondary N) is 2. The molecule has 1 heterocycles. The van der Waals surface area contributed by atoms with Crippen molar-refractivity contribution in [3.8, 4) is 5.69 Å². The first-order valence-electron chi connectivity index (χ1n) is 12.2. The highest BCUT2D eigenvalue weighted by Crippen LogP contribution is 2.14. The zero-order valence-corrected chi connectivity index (χ0v) is 21.4. The van der Waals surface area contributed by atoms with Gasteiger partial charge in [0.1, 0.15) is 6.54 Å². The van der Waals surface area contributed by atoms with Crippen LogP contribution < -0.4 is 21.9 Å². The molecule has 3 aromatic carbocycles. The lowest BCUT2D eigenvalue weighted by molar-refractivity contribution is -0.121. The minimum atomic E-state index is -0.674. The van der Waals surface area contributed by atoms with Gasteiger partial charge in [0.15, 0.2) is 5.78 Å². The first kappa shape index (κ1) is 26.3. The Bertz CT molecular complexity index is 1650. The van der Waals surface area contributed by atoms with Crippen molar-refractivity contribution in [1.82, 2.24) is 14.5 Å². The van der Waals surface area contributed by atoms with E-state index in [9.17, 15) is 24.0 Å². The van der Waals surface area contributed by atoms with Gasteiger partial charge in [-0.1, -0.05) is 36.4 Å². The molecule has 0 saturated heterocycles. The molecule has 0 spiro atoms. The van der Waals surface area contributed by atoms with Crippen molar-refractivity contribution < 1.29 is 14.4 Å². The summed E-state index contributed by atoms with van der Waals surface area (Å²) in [4.78, 5) is 63.6. The predicted molar refractivity (Wildman–Crippen MR) is 146 cm³/mol. The van der Waals surface area contributed by atoms with Gasteiger partial charge >= 0.3 is 5.69 Å². The van der Waals surface area contributed by atoms with E-state index in [1.54, 1.807) is 72.8 Å². The maximum Gasteiger partial charge on any atom is 0.336 e. The van der Waals surface area contributed by atoms with Crippen LogP contribution in [0.1, 0.15) is 36.7 Å². The lowest BCUT2D eigenvalue weighted by Crippen LogP contribution is -2.40. The molecule has 2 N–H and O–H groups in total. The van der Waals surface area contributed by atoms with E-state index in [0.717, 1.165) is 10.1 Å². The Hall–Kier alpha value is -4.79. The van der Waals surface area contributed by atoms with E-state index < -0.39 is 17.2 Å². The van der Waals surface area contributed by atoms with Crippen LogP contribution in [0.4, 0.5) is 5.69 Å². The molecule has 0 bridgehead atoms. The number of amides is 2. The maximum absolute atomic E-state index is 13.6. The van der Waals surface area contributed by atoms with Gasteiger partial charge < -0.3 is 10.6 Å². The van der Waals surface area contributed by atoms with Crippen LogP contribution in [0.3, 0.4) is 0 Å². The van der Waals surface area contributed by atoms with E-state index >= 15 is 0 Å². The zero-order valence-electron chi connectivity index (χ0n) is 21.4. The molecule has 0 aliphatic carbocycles. The maximum atomic E-state index is 13.6. The van der Waals surface area contributed by atoms with Crippen molar-refractivity contribution in [1.29, 1.82) is 0 Å². The molecule has 4 rings (SSSR count). The molecule has 9 heteroatoms. The van der Waals surface area contributed by atoms with Crippen LogP contribution in [-0.2, 0) is 22.6 Å². The summed E-state index contributed by atoms with van der Waals surface area (Å²) in [6.07, 6.45) is 0.167. The van der Waals surface area contributed by atoms with Crippen LogP contribution in [-0.4, -0.2) is 32.8 Å². The summed E-state index contributed by atoms with van der Waals surface area (Å²) < 4.78 is 2.26. The van der Waals surface area contributed by atoms with Crippen LogP contribution in [0.5, 0.6) is 0 Å². The number of hydrogen-bond donors (Lipinski definition) is 2. The van der Waals surface area contributed by atoms with E-state index in [4.69, 9.17) is 0 Å². The molecule has 38 heavy (non-hydrogen) atoms. The van der Waals surface area contributed by atoms with E-state index in [-0.39, 0.29) is 36.1 Å². The monoisotopic (exact) mass is 512 g/mol. The van der Waals surface area contributed by atoms with Gasteiger partial charge in [-0.2, -0.15) is 0 Å². The van der Waals surface area contributed by atoms with Gasteiger partial charge in [-0.15, -0.1) is 0 Å². The molecule has 0 radical (unpaired) electrons. The fraction of sp³-hybridized carbons (Fsp3) is 0.207. The number of nitrogens with zero attached hydrogens (tertiary/aromatic N) is 2. The Morgan fingerprint density at radius 1 is 0.868 bits per heavy atom. The highest BCUT2D eigenvalue weighted by molar-refractivity contribution is 5.97. The second-order valence-corrected chi connectivity index (χ2v) is 9.28. The first-order valence-corrected chi connectivity index (χ1v) is 12.2. The molecular weight excluding hydrogens is 484 g/mol. The van der Waals surface area contributed by atoms with Gasteiger partial charge in [-0.05, 0) is 62.7 Å². The van der Waals surface area contributed by atoms with Crippen molar-refractivity contribution in [2.45, 2.75) is 39.8 Å². The van der Waals surface area contributed by atoms with Gasteiger partial charge in [0, 0.05) is 17.3 Å². The third-order valence-corrected chi connectivity index (χ3v) is 5.91. The van der Waals surface area contributed by atoms with E-state index in [1.165, 1.54) is 11.5 Å². The lowest BCUT2D eigenvalue weighted by atomic mass is 10.1. The third-order valence-electron chi connectivity index (χ3n) is 5.91. The highest BCUT2D eigenvalue weighted by Gasteiger charge is 2.17. The summed E-state index contributed by atoms with van der Waals surface area (Å²) in [7, 11) is 0. The minimum Gasteiger partial charge on any atom is -0.354 e. The highest BCUT2D eigenvalue weighted by atomic mass is 16.2. The van der Waals surface area contributed by atoms with Gasteiger partial charge in [-0.3, -0.25) is 23.7 Å². The summed E-state index contributed by atoms with van der Waals surface area (Å²) in [6.45, 7) is 4.84. The van der Waals surface area contributed by atoms with Crippen LogP contribution in [0.2, 0.25) is 0 Å². The molecule has 0 atom stereocenters. The average molecular weight is 513 g/mol. The van der Waals surface area contributed by atoms with Crippen LogP contribution in [0.25, 0.3) is 16.6 Å². The number of para-hydroxylation sites is 1. The second kappa shape index (κ2) is 11.1. The number of carbonyl (C=O) groups is 3. The number of ketones is 1. The second-order valence-electron chi connectivity index (χ2n) is 9.28. The van der Waals surface area contributed by atoms with Crippen molar-refractivity contribution in [2.24, 2.45) is 0 Å². The standard InChI is InChI=1S/C29H28N4O5/c1-18(2)30-26(35)15-20-11-13-23(14-12-20)33-28(37)24-9-4-5-10-25(24)32(29(33)38)17-27(36)31-22-8-6-7-21(16-22)19(3)34/h4-14,16,18H,15,17H2,1-3H3,(H,30,35)(H,31,36). The molecular formula is C29H28N4O5. The Balaban J connectivity index is 1.69. The molecule has 0 aliphatic rings. The SMILES string of the molecule is CC(=O)c1cccc(NC(=O)Cn2c(=O)n(-c3ccc(CC(=O)NC(C)C)cc3)c(=O)c3ccccc32)c1. The third kappa shape index (κ3) is 5.78. The summed E-state index contributed by atoms with van der Waals surface area (Å²) in [5, 5.41) is 5.82. The number of hydrogen-bond acceptors (Lipinski definition) is 5. The van der Waals surface area contributed by atoms with Crippen molar-refractivity contribution in [3.05, 3.63) is 105 Å². The number of aromatic nitrogens is 2. The molecule has 9 nitrogen and oxygen atoms in total. The Kier molecular flexibility index (Phi) is 7.66.